The van der Waals surface area contributed by atoms with Crippen LogP contribution in [0.4, 0.5) is 0 Å². The van der Waals surface area contributed by atoms with Crippen molar-refractivity contribution in [3.8, 4) is 0 Å². The Morgan fingerprint density at radius 2 is 1.73 bits per heavy atom. The maximum absolute atomic E-state index is 12.3. The van der Waals surface area contributed by atoms with Crippen molar-refractivity contribution >= 4 is 11.8 Å². The van der Waals surface area contributed by atoms with E-state index in [0.29, 0.717) is 0 Å². The van der Waals surface area contributed by atoms with Crippen LogP contribution in [-0.4, -0.2) is 33.2 Å². The van der Waals surface area contributed by atoms with Crippen molar-refractivity contribution in [3.63, 3.8) is 0 Å². The summed E-state index contributed by atoms with van der Waals surface area (Å²) < 4.78 is 0. The van der Waals surface area contributed by atoms with Crippen LogP contribution in [0.3, 0.4) is 0 Å². The number of benzene rings is 1. The topological polar surface area (TPSA) is 127 Å². The predicted octanol–water partition coefficient (Wildman–Crippen LogP) is 0.664. The molecule has 0 aliphatic heterocycles. The molecular weight excluding hydrogens is 284 g/mol. The lowest BCUT2D eigenvalue weighted by molar-refractivity contribution is -0.150. The first-order valence-electron chi connectivity index (χ1n) is 7.17. The zero-order chi connectivity index (χ0) is 17.0. The minimum Gasteiger partial charge on any atom is -0.480 e. The van der Waals surface area contributed by atoms with Crippen LogP contribution in [-0.2, 0) is 16.0 Å². The predicted molar refractivity (Wildman–Crippen MR) is 82.9 cm³/mol. The molecule has 6 N–H and O–H groups in total. The fourth-order valence-electron chi connectivity index (χ4n) is 2.41. The van der Waals surface area contributed by atoms with Gasteiger partial charge in [-0.1, -0.05) is 44.2 Å². The molecule has 1 aromatic rings. The number of carbonyl (C=O) groups is 2. The number of hydrogen-bond acceptors (Lipinski definition) is 5. The van der Waals surface area contributed by atoms with Gasteiger partial charge in [-0.05, 0) is 17.9 Å². The van der Waals surface area contributed by atoms with Crippen LogP contribution < -0.4 is 11.5 Å². The molecule has 22 heavy (non-hydrogen) atoms. The van der Waals surface area contributed by atoms with Gasteiger partial charge in [-0.25, -0.2) is 4.79 Å². The summed E-state index contributed by atoms with van der Waals surface area (Å²) in [5, 5.41) is 19.5. The Morgan fingerprint density at radius 1 is 1.18 bits per heavy atom. The Kier molecular flexibility index (Phi) is 5.82. The van der Waals surface area contributed by atoms with E-state index in [-0.39, 0.29) is 18.8 Å². The van der Waals surface area contributed by atoms with Crippen LogP contribution in [0.2, 0.25) is 0 Å². The number of nitrogens with two attached hydrogens (primary N) is 2. The smallest absolute Gasteiger partial charge is 0.331 e. The first-order chi connectivity index (χ1) is 10.1. The van der Waals surface area contributed by atoms with E-state index in [9.17, 15) is 19.8 Å². The number of ketones is 1. The molecule has 0 aliphatic rings. The van der Waals surface area contributed by atoms with E-state index in [4.69, 9.17) is 11.5 Å². The highest BCUT2D eigenvalue weighted by molar-refractivity contribution is 6.07. The second kappa shape index (κ2) is 7.00. The molecule has 1 unspecified atom stereocenters. The fraction of sp³-hybridized carbons (Fsp3) is 0.500. The van der Waals surface area contributed by atoms with Crippen LogP contribution in [0.5, 0.6) is 0 Å². The maximum atomic E-state index is 12.3. The van der Waals surface area contributed by atoms with E-state index < -0.39 is 29.4 Å². The highest BCUT2D eigenvalue weighted by Crippen LogP contribution is 2.21. The third kappa shape index (κ3) is 4.91. The summed E-state index contributed by atoms with van der Waals surface area (Å²) in [6.45, 7) is 3.55. The number of aliphatic carboxylic acids is 1. The number of Topliss-reactive ketones (excluding diaryl/α,β-unsaturated/α-hetero) is 1. The van der Waals surface area contributed by atoms with Gasteiger partial charge in [0.25, 0.3) is 0 Å². The Morgan fingerprint density at radius 3 is 2.18 bits per heavy atom. The van der Waals surface area contributed by atoms with Crippen LogP contribution in [0.15, 0.2) is 30.3 Å². The van der Waals surface area contributed by atoms with Gasteiger partial charge in [0.15, 0.2) is 11.3 Å². The van der Waals surface area contributed by atoms with Gasteiger partial charge in [0.2, 0.25) is 0 Å². The molecule has 0 aliphatic carbocycles. The summed E-state index contributed by atoms with van der Waals surface area (Å²) in [5.74, 6) is -2.25. The molecule has 0 fully saturated rings. The number of rotatable bonds is 8. The second-order valence-corrected chi connectivity index (χ2v) is 6.24. The van der Waals surface area contributed by atoms with Crippen molar-refractivity contribution < 1.29 is 19.8 Å². The van der Waals surface area contributed by atoms with Gasteiger partial charge >= 0.3 is 5.97 Å². The quantitative estimate of drug-likeness (QED) is 0.413. The summed E-state index contributed by atoms with van der Waals surface area (Å²) in [6, 6.07) is 8.93. The molecule has 0 spiro atoms. The summed E-state index contributed by atoms with van der Waals surface area (Å²) in [5.41, 5.74) is 8.42. The fourth-order valence-corrected chi connectivity index (χ4v) is 2.41. The zero-order valence-corrected chi connectivity index (χ0v) is 13.0. The minimum atomic E-state index is -2.03. The van der Waals surface area contributed by atoms with Gasteiger partial charge in [0.1, 0.15) is 5.72 Å². The summed E-state index contributed by atoms with van der Waals surface area (Å²) in [7, 11) is 0. The molecule has 1 aromatic carbocycles. The van der Waals surface area contributed by atoms with Gasteiger partial charge < -0.3 is 21.7 Å². The van der Waals surface area contributed by atoms with E-state index in [0.717, 1.165) is 5.56 Å². The maximum Gasteiger partial charge on any atom is 0.331 e. The summed E-state index contributed by atoms with van der Waals surface area (Å²) in [6.07, 6.45) is -0.489. The van der Waals surface area contributed by atoms with Crippen molar-refractivity contribution in [1.82, 2.24) is 0 Å². The second-order valence-electron chi connectivity index (χ2n) is 6.24. The molecule has 6 heteroatoms. The van der Waals surface area contributed by atoms with Gasteiger partial charge in [-0.15, -0.1) is 0 Å². The first-order valence-corrected chi connectivity index (χ1v) is 7.17. The molecule has 0 aromatic heterocycles. The monoisotopic (exact) mass is 308 g/mol. The molecule has 0 heterocycles. The van der Waals surface area contributed by atoms with Crippen LogP contribution >= 0.6 is 0 Å². The van der Waals surface area contributed by atoms with Crippen molar-refractivity contribution in [3.05, 3.63) is 35.9 Å². The molecular formula is C16H24N2O4. The normalized spacial score (nSPS) is 16.8. The largest absolute Gasteiger partial charge is 0.480 e. The van der Waals surface area contributed by atoms with Gasteiger partial charge in [0, 0.05) is 6.42 Å². The van der Waals surface area contributed by atoms with Crippen molar-refractivity contribution in [2.24, 2.45) is 17.4 Å². The molecule has 6 nitrogen and oxygen atoms in total. The standard InChI is InChI=1S/C16H24N2O4/c1-11(2)8-16(18,14(20)21)13(19)10-15(17,22)9-12-6-4-3-5-7-12/h3-7,11,22H,8-10,17-18H2,1-2H3,(H,20,21)/t15?,16-/m1/s1. The van der Waals surface area contributed by atoms with E-state index in [1.165, 1.54) is 0 Å². The Labute approximate surface area is 130 Å². The number of carboxylic acid groups (broad SMARTS) is 1. The molecule has 0 amide bonds. The SMILES string of the molecule is CC(C)C[C@](N)(C(=O)O)C(=O)CC(N)(O)Cc1ccccc1. The number of hydrogen-bond donors (Lipinski definition) is 4. The molecule has 0 saturated heterocycles. The zero-order valence-electron chi connectivity index (χ0n) is 13.0. The average molecular weight is 308 g/mol. The Hall–Kier alpha value is -1.76. The minimum absolute atomic E-state index is 0.0113. The third-order valence-electron chi connectivity index (χ3n) is 3.43. The summed E-state index contributed by atoms with van der Waals surface area (Å²) >= 11 is 0. The van der Waals surface area contributed by atoms with Gasteiger partial charge in [-0.2, -0.15) is 0 Å². The lowest BCUT2D eigenvalue weighted by atomic mass is 9.82. The van der Waals surface area contributed by atoms with Crippen LogP contribution in [0.25, 0.3) is 0 Å². The lowest BCUT2D eigenvalue weighted by Gasteiger charge is -2.29. The Bertz CT molecular complexity index is 528. The molecule has 2 atom stereocenters. The van der Waals surface area contributed by atoms with E-state index in [2.05, 4.69) is 0 Å². The third-order valence-corrected chi connectivity index (χ3v) is 3.43. The van der Waals surface area contributed by atoms with Crippen LogP contribution in [0.1, 0.15) is 32.3 Å². The number of carbonyl (C=O) groups excluding carboxylic acids is 1. The van der Waals surface area contributed by atoms with Crippen molar-refractivity contribution in [2.45, 2.75) is 44.4 Å². The first kappa shape index (κ1) is 18.3. The van der Waals surface area contributed by atoms with Gasteiger partial charge in [-0.3, -0.25) is 4.79 Å². The number of carboxylic acids is 1. The van der Waals surface area contributed by atoms with Gasteiger partial charge in [0.05, 0.1) is 6.42 Å². The van der Waals surface area contributed by atoms with Crippen molar-refractivity contribution in [2.75, 3.05) is 0 Å². The number of aliphatic hydroxyl groups is 1. The molecule has 1 rings (SSSR count). The highest BCUT2D eigenvalue weighted by Gasteiger charge is 2.44. The molecule has 0 radical (unpaired) electrons. The molecule has 0 saturated carbocycles. The highest BCUT2D eigenvalue weighted by atomic mass is 16.4. The lowest BCUT2D eigenvalue weighted by Crippen LogP contribution is -2.59. The van der Waals surface area contributed by atoms with Crippen molar-refractivity contribution in [1.29, 1.82) is 0 Å². The Balaban J connectivity index is 2.86. The van der Waals surface area contributed by atoms with Crippen LogP contribution in [0, 0.1) is 5.92 Å². The van der Waals surface area contributed by atoms with E-state index in [1.54, 1.807) is 38.1 Å². The van der Waals surface area contributed by atoms with E-state index >= 15 is 0 Å². The average Bonchev–Trinajstić information content (AvgIpc) is 2.37. The van der Waals surface area contributed by atoms with E-state index in [1.807, 2.05) is 6.07 Å². The molecule has 122 valence electrons. The molecule has 0 bridgehead atoms. The summed E-state index contributed by atoms with van der Waals surface area (Å²) in [4.78, 5) is 23.7.